The molecule has 2 heterocycles. The molecule has 0 spiro atoms. The molecular weight excluding hydrogens is 216 g/mol. The van der Waals surface area contributed by atoms with E-state index in [1.807, 2.05) is 31.0 Å². The lowest BCUT2D eigenvalue weighted by atomic mass is 10.2. The summed E-state index contributed by atoms with van der Waals surface area (Å²) in [5.74, 6) is 1.63. The van der Waals surface area contributed by atoms with E-state index < -0.39 is 0 Å². The molecule has 0 saturated carbocycles. The summed E-state index contributed by atoms with van der Waals surface area (Å²) in [5.41, 5.74) is 1.43. The van der Waals surface area contributed by atoms with Crippen LogP contribution in [0.2, 0.25) is 0 Å². The highest BCUT2D eigenvalue weighted by atomic mass is 16.3. The van der Waals surface area contributed by atoms with Crippen molar-refractivity contribution in [2.45, 2.75) is 13.5 Å². The van der Waals surface area contributed by atoms with Crippen molar-refractivity contribution in [1.29, 1.82) is 5.26 Å². The van der Waals surface area contributed by atoms with Gasteiger partial charge in [-0.2, -0.15) is 5.26 Å². The largest absolute Gasteiger partial charge is 0.469 e. The molecule has 86 valence electrons. The lowest BCUT2D eigenvalue weighted by Gasteiger charge is -2.16. The number of anilines is 1. The summed E-state index contributed by atoms with van der Waals surface area (Å²) in [6.45, 7) is 2.62. The highest BCUT2D eigenvalue weighted by molar-refractivity contribution is 5.37. The molecule has 0 aliphatic rings. The summed E-state index contributed by atoms with van der Waals surface area (Å²) in [6, 6.07) is 3.87. The van der Waals surface area contributed by atoms with Gasteiger partial charge in [-0.05, 0) is 13.0 Å². The summed E-state index contributed by atoms with van der Waals surface area (Å²) >= 11 is 0. The number of nitrogens with zero attached hydrogens (tertiary/aromatic N) is 4. The molecule has 0 N–H and O–H groups in total. The lowest BCUT2D eigenvalue weighted by molar-refractivity contribution is 0.529. The van der Waals surface area contributed by atoms with Gasteiger partial charge in [-0.3, -0.25) is 0 Å². The molecule has 5 heteroatoms. The summed E-state index contributed by atoms with van der Waals surface area (Å²) in [5, 5.41) is 8.63. The lowest BCUT2D eigenvalue weighted by Crippen LogP contribution is -2.18. The van der Waals surface area contributed by atoms with E-state index in [-0.39, 0.29) is 0 Å². The zero-order valence-electron chi connectivity index (χ0n) is 9.71. The molecule has 0 unspecified atom stereocenters. The van der Waals surface area contributed by atoms with Crippen LogP contribution in [0.1, 0.15) is 17.0 Å². The molecule has 0 saturated heterocycles. The van der Waals surface area contributed by atoms with Gasteiger partial charge in [0.05, 0.1) is 18.7 Å². The van der Waals surface area contributed by atoms with Crippen molar-refractivity contribution >= 4 is 5.82 Å². The van der Waals surface area contributed by atoms with Crippen LogP contribution < -0.4 is 4.90 Å². The number of aryl methyl sites for hydroxylation is 1. The number of furan rings is 1. The van der Waals surface area contributed by atoms with Crippen LogP contribution in [0.4, 0.5) is 5.82 Å². The summed E-state index contributed by atoms with van der Waals surface area (Å²) in [4.78, 5) is 10.1. The van der Waals surface area contributed by atoms with Crippen molar-refractivity contribution in [3.05, 3.63) is 41.7 Å². The minimum Gasteiger partial charge on any atom is -0.469 e. The van der Waals surface area contributed by atoms with Crippen LogP contribution in [-0.4, -0.2) is 17.0 Å². The first kappa shape index (κ1) is 11.1. The van der Waals surface area contributed by atoms with Crippen molar-refractivity contribution in [3.8, 4) is 6.07 Å². The van der Waals surface area contributed by atoms with Gasteiger partial charge in [-0.15, -0.1) is 0 Å². The third-order valence-electron chi connectivity index (χ3n) is 2.52. The van der Waals surface area contributed by atoms with E-state index in [0.29, 0.717) is 12.2 Å². The van der Waals surface area contributed by atoms with Crippen LogP contribution in [0, 0.1) is 18.3 Å². The first-order chi connectivity index (χ1) is 8.20. The molecule has 0 fully saturated rings. The molecule has 5 nitrogen and oxygen atoms in total. The van der Waals surface area contributed by atoms with Crippen LogP contribution in [0.5, 0.6) is 0 Å². The molecule has 0 aliphatic carbocycles. The molecule has 0 aliphatic heterocycles. The fourth-order valence-corrected chi connectivity index (χ4v) is 1.49. The third-order valence-corrected chi connectivity index (χ3v) is 2.52. The molecule has 2 aromatic heterocycles. The van der Waals surface area contributed by atoms with Crippen LogP contribution >= 0.6 is 0 Å². The summed E-state index contributed by atoms with van der Waals surface area (Å²) in [7, 11) is 1.92. The molecule has 0 atom stereocenters. The normalized spacial score (nSPS) is 9.94. The number of rotatable bonds is 3. The monoisotopic (exact) mass is 228 g/mol. The second-order valence-corrected chi connectivity index (χ2v) is 3.73. The van der Waals surface area contributed by atoms with E-state index in [0.717, 1.165) is 17.1 Å². The Kier molecular flexibility index (Phi) is 3.06. The van der Waals surface area contributed by atoms with Gasteiger partial charge in [0, 0.05) is 19.2 Å². The second-order valence-electron chi connectivity index (χ2n) is 3.73. The predicted octanol–water partition coefficient (Wildman–Crippen LogP) is 1.89. The van der Waals surface area contributed by atoms with Crippen molar-refractivity contribution in [2.24, 2.45) is 0 Å². The van der Waals surface area contributed by atoms with Gasteiger partial charge in [0.2, 0.25) is 0 Å². The fraction of sp³-hybridized carbons (Fsp3) is 0.250. The maximum Gasteiger partial charge on any atom is 0.158 e. The third kappa shape index (κ3) is 2.42. The maximum atomic E-state index is 8.63. The van der Waals surface area contributed by atoms with E-state index in [9.17, 15) is 0 Å². The Morgan fingerprint density at radius 1 is 1.41 bits per heavy atom. The van der Waals surface area contributed by atoms with Crippen molar-refractivity contribution in [3.63, 3.8) is 0 Å². The van der Waals surface area contributed by atoms with E-state index >= 15 is 0 Å². The molecule has 0 amide bonds. The van der Waals surface area contributed by atoms with Crippen LogP contribution in [0.25, 0.3) is 0 Å². The Hall–Kier alpha value is -2.35. The molecule has 0 bridgehead atoms. The van der Waals surface area contributed by atoms with Gasteiger partial charge in [0.15, 0.2) is 5.69 Å². The average Bonchev–Trinajstić information content (AvgIpc) is 2.75. The van der Waals surface area contributed by atoms with E-state index in [1.54, 1.807) is 12.5 Å². The molecule has 17 heavy (non-hydrogen) atoms. The first-order valence-electron chi connectivity index (χ1n) is 5.17. The SMILES string of the molecule is Cc1occc1CN(C)c1cnc(C#N)cn1. The van der Waals surface area contributed by atoms with Gasteiger partial charge in [-0.25, -0.2) is 9.97 Å². The van der Waals surface area contributed by atoms with Crippen LogP contribution in [-0.2, 0) is 6.54 Å². The maximum absolute atomic E-state index is 8.63. The standard InChI is InChI=1S/C12H12N4O/c1-9-10(3-4-17-9)8-16(2)12-7-14-11(5-13)6-15-12/h3-4,6-7H,8H2,1-2H3. The Bertz CT molecular complexity index is 538. The van der Waals surface area contributed by atoms with Crippen LogP contribution in [0.3, 0.4) is 0 Å². The van der Waals surface area contributed by atoms with Gasteiger partial charge in [0.25, 0.3) is 0 Å². The zero-order valence-corrected chi connectivity index (χ0v) is 9.71. The predicted molar refractivity (Wildman–Crippen MR) is 62.3 cm³/mol. The zero-order chi connectivity index (χ0) is 12.3. The topological polar surface area (TPSA) is 66.0 Å². The number of hydrogen-bond donors (Lipinski definition) is 0. The summed E-state index contributed by atoms with van der Waals surface area (Å²) < 4.78 is 5.23. The van der Waals surface area contributed by atoms with E-state index in [1.165, 1.54) is 6.20 Å². The van der Waals surface area contributed by atoms with Gasteiger partial charge >= 0.3 is 0 Å². The average molecular weight is 228 g/mol. The molecule has 0 radical (unpaired) electrons. The van der Waals surface area contributed by atoms with Gasteiger partial charge in [0.1, 0.15) is 17.6 Å². The highest BCUT2D eigenvalue weighted by Gasteiger charge is 2.07. The Morgan fingerprint density at radius 3 is 2.76 bits per heavy atom. The Labute approximate surface area is 99.3 Å². The van der Waals surface area contributed by atoms with Crippen molar-refractivity contribution in [1.82, 2.24) is 9.97 Å². The quantitative estimate of drug-likeness (QED) is 0.802. The number of aromatic nitrogens is 2. The van der Waals surface area contributed by atoms with Gasteiger partial charge in [-0.1, -0.05) is 0 Å². The minimum absolute atomic E-state index is 0.321. The second kappa shape index (κ2) is 4.66. The smallest absolute Gasteiger partial charge is 0.158 e. The molecule has 0 aromatic carbocycles. The van der Waals surface area contributed by atoms with Gasteiger partial charge < -0.3 is 9.32 Å². The Morgan fingerprint density at radius 2 is 2.24 bits per heavy atom. The van der Waals surface area contributed by atoms with Crippen LogP contribution in [0.15, 0.2) is 29.1 Å². The molecule has 2 aromatic rings. The molecular formula is C12H12N4O. The summed E-state index contributed by atoms with van der Waals surface area (Å²) in [6.07, 6.45) is 4.73. The highest BCUT2D eigenvalue weighted by Crippen LogP contribution is 2.15. The van der Waals surface area contributed by atoms with Crippen molar-refractivity contribution in [2.75, 3.05) is 11.9 Å². The Balaban J connectivity index is 2.12. The number of nitriles is 1. The number of hydrogen-bond acceptors (Lipinski definition) is 5. The van der Waals surface area contributed by atoms with E-state index in [2.05, 4.69) is 9.97 Å². The van der Waals surface area contributed by atoms with Crippen molar-refractivity contribution < 1.29 is 4.42 Å². The van der Waals surface area contributed by atoms with E-state index in [4.69, 9.17) is 9.68 Å². The molecule has 2 rings (SSSR count). The fourth-order valence-electron chi connectivity index (χ4n) is 1.49. The minimum atomic E-state index is 0.321. The first-order valence-corrected chi connectivity index (χ1v) is 5.17.